The fraction of sp³-hybridized carbons (Fsp3) is 0.150. The maximum atomic E-state index is 12.5. The molecule has 132 valence electrons. The average molecular weight is 365 g/mol. The molecule has 0 aliphatic rings. The largest absolute Gasteiger partial charge is 0.282 e. The lowest BCUT2D eigenvalue weighted by atomic mass is 10.1. The van der Waals surface area contributed by atoms with Gasteiger partial charge in [0.25, 0.3) is 11.8 Å². The van der Waals surface area contributed by atoms with Crippen LogP contribution in [-0.4, -0.2) is 16.8 Å². The number of thiazole rings is 1. The SMILES string of the molecule is CCc1ccc(C(=O)NNC(=O)c2sc(C)nc2-c2ccccc2)cc1. The Morgan fingerprint density at radius 2 is 1.62 bits per heavy atom. The quantitative estimate of drug-likeness (QED) is 0.692. The summed E-state index contributed by atoms with van der Waals surface area (Å²) in [5.41, 5.74) is 8.07. The first-order chi connectivity index (χ1) is 12.6. The first-order valence-electron chi connectivity index (χ1n) is 8.31. The van der Waals surface area contributed by atoms with E-state index in [1.807, 2.05) is 49.4 Å². The maximum absolute atomic E-state index is 12.5. The molecule has 3 rings (SSSR count). The molecule has 0 aliphatic carbocycles. The van der Waals surface area contributed by atoms with Crippen LogP contribution >= 0.6 is 11.3 Å². The van der Waals surface area contributed by atoms with Crippen molar-refractivity contribution in [1.82, 2.24) is 15.8 Å². The van der Waals surface area contributed by atoms with Gasteiger partial charge < -0.3 is 0 Å². The predicted molar refractivity (Wildman–Crippen MR) is 103 cm³/mol. The molecule has 1 aromatic heterocycles. The van der Waals surface area contributed by atoms with Crippen LogP contribution in [0.5, 0.6) is 0 Å². The lowest BCUT2D eigenvalue weighted by Crippen LogP contribution is -2.41. The van der Waals surface area contributed by atoms with Crippen LogP contribution in [0.3, 0.4) is 0 Å². The van der Waals surface area contributed by atoms with Crippen molar-refractivity contribution < 1.29 is 9.59 Å². The van der Waals surface area contributed by atoms with E-state index in [1.165, 1.54) is 11.3 Å². The standard InChI is InChI=1S/C20H19N3O2S/c1-3-14-9-11-16(12-10-14)19(24)22-23-20(25)18-17(21-13(2)26-18)15-7-5-4-6-8-15/h4-12H,3H2,1-2H3,(H,22,24)(H,23,25). The number of carbonyl (C=O) groups is 2. The summed E-state index contributed by atoms with van der Waals surface area (Å²) in [4.78, 5) is 29.7. The molecular weight excluding hydrogens is 346 g/mol. The molecule has 0 saturated heterocycles. The van der Waals surface area contributed by atoms with E-state index < -0.39 is 0 Å². The van der Waals surface area contributed by atoms with Gasteiger partial charge in [-0.3, -0.25) is 20.4 Å². The van der Waals surface area contributed by atoms with Crippen LogP contribution in [0.15, 0.2) is 54.6 Å². The number of hydrazine groups is 1. The van der Waals surface area contributed by atoms with Crippen molar-refractivity contribution in [1.29, 1.82) is 0 Å². The van der Waals surface area contributed by atoms with Gasteiger partial charge in [0.1, 0.15) is 4.88 Å². The highest BCUT2D eigenvalue weighted by molar-refractivity contribution is 7.14. The van der Waals surface area contributed by atoms with Crippen molar-refractivity contribution in [2.75, 3.05) is 0 Å². The summed E-state index contributed by atoms with van der Waals surface area (Å²) in [5, 5.41) is 0.787. The Bertz CT molecular complexity index is 918. The number of hydrogen-bond acceptors (Lipinski definition) is 4. The van der Waals surface area contributed by atoms with Crippen LogP contribution in [0.2, 0.25) is 0 Å². The van der Waals surface area contributed by atoms with Gasteiger partial charge in [-0.15, -0.1) is 11.3 Å². The van der Waals surface area contributed by atoms with Gasteiger partial charge in [0.2, 0.25) is 0 Å². The first-order valence-corrected chi connectivity index (χ1v) is 9.12. The third-order valence-corrected chi connectivity index (χ3v) is 4.87. The molecule has 2 aromatic carbocycles. The van der Waals surface area contributed by atoms with Crippen LogP contribution in [0.25, 0.3) is 11.3 Å². The first kappa shape index (κ1) is 17.8. The smallest absolute Gasteiger partial charge is 0.267 e. The van der Waals surface area contributed by atoms with Gasteiger partial charge in [-0.1, -0.05) is 49.4 Å². The van der Waals surface area contributed by atoms with Crippen molar-refractivity contribution in [2.24, 2.45) is 0 Å². The lowest BCUT2D eigenvalue weighted by molar-refractivity contribution is 0.0849. The van der Waals surface area contributed by atoms with Crippen molar-refractivity contribution in [2.45, 2.75) is 20.3 Å². The van der Waals surface area contributed by atoms with E-state index >= 15 is 0 Å². The van der Waals surface area contributed by atoms with Gasteiger partial charge in [-0.2, -0.15) is 0 Å². The molecule has 0 unspecified atom stereocenters. The Morgan fingerprint density at radius 3 is 2.27 bits per heavy atom. The van der Waals surface area contributed by atoms with Gasteiger partial charge in [-0.25, -0.2) is 4.98 Å². The summed E-state index contributed by atoms with van der Waals surface area (Å²) < 4.78 is 0. The molecule has 2 amide bonds. The summed E-state index contributed by atoms with van der Waals surface area (Å²) in [5.74, 6) is -0.739. The molecule has 2 N–H and O–H groups in total. The highest BCUT2D eigenvalue weighted by atomic mass is 32.1. The van der Waals surface area contributed by atoms with Crippen LogP contribution in [-0.2, 0) is 6.42 Å². The number of nitrogens with zero attached hydrogens (tertiary/aromatic N) is 1. The number of aryl methyl sites for hydroxylation is 2. The summed E-state index contributed by atoms with van der Waals surface area (Å²) >= 11 is 1.30. The molecular formula is C20H19N3O2S. The molecule has 5 nitrogen and oxygen atoms in total. The molecule has 0 aliphatic heterocycles. The van der Waals surface area contributed by atoms with E-state index in [9.17, 15) is 9.59 Å². The minimum absolute atomic E-state index is 0.358. The number of amides is 2. The fourth-order valence-electron chi connectivity index (χ4n) is 2.51. The van der Waals surface area contributed by atoms with Crippen LogP contribution in [0, 0.1) is 6.92 Å². The second-order valence-electron chi connectivity index (χ2n) is 5.74. The number of aromatic nitrogens is 1. The van der Waals surface area contributed by atoms with E-state index in [2.05, 4.69) is 22.8 Å². The molecule has 1 heterocycles. The van der Waals surface area contributed by atoms with Crippen molar-refractivity contribution >= 4 is 23.2 Å². The average Bonchev–Trinajstić information content (AvgIpc) is 3.08. The monoisotopic (exact) mass is 365 g/mol. The second kappa shape index (κ2) is 7.93. The van der Waals surface area contributed by atoms with Gasteiger partial charge in [0.05, 0.1) is 10.7 Å². The van der Waals surface area contributed by atoms with Crippen LogP contribution in [0.1, 0.15) is 37.5 Å². The minimum Gasteiger partial charge on any atom is -0.267 e. The Labute approximate surface area is 156 Å². The molecule has 0 atom stereocenters. The zero-order valence-corrected chi connectivity index (χ0v) is 15.4. The summed E-state index contributed by atoms with van der Waals surface area (Å²) in [6.45, 7) is 3.90. The van der Waals surface area contributed by atoms with Crippen molar-refractivity contribution in [3.05, 3.63) is 75.6 Å². The highest BCUT2D eigenvalue weighted by Crippen LogP contribution is 2.27. The number of carbonyl (C=O) groups excluding carboxylic acids is 2. The topological polar surface area (TPSA) is 71.1 Å². The van der Waals surface area contributed by atoms with Gasteiger partial charge >= 0.3 is 0 Å². The van der Waals surface area contributed by atoms with E-state index in [1.54, 1.807) is 12.1 Å². The molecule has 0 saturated carbocycles. The number of nitrogens with one attached hydrogen (secondary N) is 2. The van der Waals surface area contributed by atoms with Crippen molar-refractivity contribution in [3.63, 3.8) is 0 Å². The zero-order chi connectivity index (χ0) is 18.5. The van der Waals surface area contributed by atoms with Gasteiger partial charge in [-0.05, 0) is 31.0 Å². The summed E-state index contributed by atoms with van der Waals surface area (Å²) in [6, 6.07) is 16.8. The molecule has 6 heteroatoms. The maximum Gasteiger partial charge on any atom is 0.282 e. The van der Waals surface area contributed by atoms with Crippen molar-refractivity contribution in [3.8, 4) is 11.3 Å². The van der Waals surface area contributed by atoms with Crippen LogP contribution in [0.4, 0.5) is 0 Å². The predicted octanol–water partition coefficient (Wildman–Crippen LogP) is 3.76. The number of benzene rings is 2. The molecule has 0 fully saturated rings. The zero-order valence-electron chi connectivity index (χ0n) is 14.6. The third-order valence-electron chi connectivity index (χ3n) is 3.90. The molecule has 3 aromatic rings. The molecule has 0 spiro atoms. The van der Waals surface area contributed by atoms with E-state index in [0.717, 1.165) is 22.6 Å². The number of rotatable bonds is 4. The molecule has 0 bridgehead atoms. The molecule has 0 radical (unpaired) electrons. The van der Waals surface area contributed by atoms with Crippen LogP contribution < -0.4 is 10.9 Å². The normalized spacial score (nSPS) is 10.4. The highest BCUT2D eigenvalue weighted by Gasteiger charge is 2.18. The Hall–Kier alpha value is -2.99. The third kappa shape index (κ3) is 3.97. The Balaban J connectivity index is 1.71. The van der Waals surface area contributed by atoms with E-state index in [0.29, 0.717) is 16.1 Å². The summed E-state index contributed by atoms with van der Waals surface area (Å²) in [7, 11) is 0. The van der Waals surface area contributed by atoms with E-state index in [-0.39, 0.29) is 11.8 Å². The number of hydrogen-bond donors (Lipinski definition) is 2. The second-order valence-corrected chi connectivity index (χ2v) is 6.94. The fourth-order valence-corrected chi connectivity index (χ4v) is 3.34. The molecule has 26 heavy (non-hydrogen) atoms. The van der Waals surface area contributed by atoms with Gasteiger partial charge in [0.15, 0.2) is 0 Å². The van der Waals surface area contributed by atoms with E-state index in [4.69, 9.17) is 0 Å². The minimum atomic E-state index is -0.381. The Morgan fingerprint density at radius 1 is 0.962 bits per heavy atom. The summed E-state index contributed by atoms with van der Waals surface area (Å²) in [6.07, 6.45) is 0.908. The lowest BCUT2D eigenvalue weighted by Gasteiger charge is -2.08. The van der Waals surface area contributed by atoms with Gasteiger partial charge in [0, 0.05) is 11.1 Å². The Kier molecular flexibility index (Phi) is 5.43.